The first kappa shape index (κ1) is 17.8. The van der Waals surface area contributed by atoms with Crippen molar-refractivity contribution >= 4 is 45.5 Å². The number of thiophene rings is 1. The van der Waals surface area contributed by atoms with Gasteiger partial charge in [-0.3, -0.25) is 0 Å². The van der Waals surface area contributed by atoms with Crippen molar-refractivity contribution in [3.8, 4) is 0 Å². The normalized spacial score (nSPS) is 13.5. The molecule has 0 radical (unpaired) electrons. The average Bonchev–Trinajstić information content (AvgIpc) is 2.77. The molecule has 0 saturated carbocycles. The highest BCUT2D eigenvalue weighted by molar-refractivity contribution is 7.80. The number of thiocarbonyl (C=S) groups is 1. The minimum Gasteiger partial charge on any atom is -0.465 e. The lowest BCUT2D eigenvalue weighted by atomic mass is 10.1. The van der Waals surface area contributed by atoms with Gasteiger partial charge in [0.05, 0.1) is 12.7 Å². The van der Waals surface area contributed by atoms with Crippen molar-refractivity contribution in [1.29, 1.82) is 0 Å². The lowest BCUT2D eigenvalue weighted by molar-refractivity contribution is 0.0601. The fourth-order valence-electron chi connectivity index (χ4n) is 3.01. The number of carbonyl (C=O) groups is 1. The SMILES string of the molecule is COC(=O)c1c(NC(=S)Nc2ncccc2C)sc2c1CCCCC2. The highest BCUT2D eigenvalue weighted by atomic mass is 32.1. The van der Waals surface area contributed by atoms with Crippen LogP contribution in [0.3, 0.4) is 0 Å². The molecule has 25 heavy (non-hydrogen) atoms. The van der Waals surface area contributed by atoms with Crippen LogP contribution in [0.5, 0.6) is 0 Å². The predicted molar refractivity (Wildman–Crippen MR) is 106 cm³/mol. The molecule has 0 bridgehead atoms. The number of aromatic nitrogens is 1. The summed E-state index contributed by atoms with van der Waals surface area (Å²) in [5.74, 6) is 0.399. The first-order chi connectivity index (χ1) is 12.1. The van der Waals surface area contributed by atoms with Crippen LogP contribution >= 0.6 is 23.6 Å². The van der Waals surface area contributed by atoms with Crippen molar-refractivity contribution in [2.75, 3.05) is 17.7 Å². The number of ether oxygens (including phenoxy) is 1. The zero-order chi connectivity index (χ0) is 17.8. The molecule has 0 aromatic carbocycles. The van der Waals surface area contributed by atoms with Crippen molar-refractivity contribution in [2.24, 2.45) is 0 Å². The molecule has 0 unspecified atom stereocenters. The second-order valence-electron chi connectivity index (χ2n) is 6.01. The first-order valence-corrected chi connectivity index (χ1v) is 9.55. The summed E-state index contributed by atoms with van der Waals surface area (Å²) in [5.41, 5.74) is 2.75. The maximum atomic E-state index is 12.3. The molecule has 0 saturated heterocycles. The maximum absolute atomic E-state index is 12.3. The van der Waals surface area contributed by atoms with Crippen LogP contribution in [-0.2, 0) is 17.6 Å². The quantitative estimate of drug-likeness (QED) is 0.473. The van der Waals surface area contributed by atoms with Crippen LogP contribution in [0.2, 0.25) is 0 Å². The summed E-state index contributed by atoms with van der Waals surface area (Å²) in [6.07, 6.45) is 7.09. The third-order valence-corrected chi connectivity index (χ3v) is 5.69. The molecule has 0 aliphatic heterocycles. The van der Waals surface area contributed by atoms with E-state index in [1.165, 1.54) is 18.4 Å². The fourth-order valence-corrected chi connectivity index (χ4v) is 4.55. The van der Waals surface area contributed by atoms with Gasteiger partial charge in [0, 0.05) is 11.1 Å². The Morgan fingerprint density at radius 1 is 1.28 bits per heavy atom. The van der Waals surface area contributed by atoms with E-state index in [0.29, 0.717) is 16.5 Å². The molecule has 0 fully saturated rings. The molecule has 3 rings (SSSR count). The zero-order valence-corrected chi connectivity index (χ0v) is 16.0. The molecule has 2 aromatic rings. The largest absolute Gasteiger partial charge is 0.465 e. The van der Waals surface area contributed by atoms with E-state index in [-0.39, 0.29) is 5.97 Å². The number of nitrogens with one attached hydrogen (secondary N) is 2. The second-order valence-corrected chi connectivity index (χ2v) is 7.52. The number of anilines is 2. The number of hydrogen-bond donors (Lipinski definition) is 2. The van der Waals surface area contributed by atoms with Gasteiger partial charge in [0.2, 0.25) is 0 Å². The van der Waals surface area contributed by atoms with Crippen LogP contribution in [0.25, 0.3) is 0 Å². The lowest BCUT2D eigenvalue weighted by Crippen LogP contribution is -2.21. The Balaban J connectivity index is 1.85. The Morgan fingerprint density at radius 3 is 2.84 bits per heavy atom. The first-order valence-electron chi connectivity index (χ1n) is 8.32. The Morgan fingerprint density at radius 2 is 2.08 bits per heavy atom. The second kappa shape index (κ2) is 7.93. The third-order valence-electron chi connectivity index (χ3n) is 4.28. The van der Waals surface area contributed by atoms with Gasteiger partial charge in [-0.2, -0.15) is 0 Å². The van der Waals surface area contributed by atoms with Crippen LogP contribution in [0.1, 0.15) is 45.6 Å². The van der Waals surface area contributed by atoms with Crippen molar-refractivity contribution in [3.05, 3.63) is 39.9 Å². The summed E-state index contributed by atoms with van der Waals surface area (Å²) < 4.78 is 5.01. The predicted octanol–water partition coefficient (Wildman–Crippen LogP) is 4.32. The Hall–Kier alpha value is -1.99. The minimum absolute atomic E-state index is 0.307. The van der Waals surface area contributed by atoms with Gasteiger partial charge in [0.15, 0.2) is 5.11 Å². The van der Waals surface area contributed by atoms with Gasteiger partial charge < -0.3 is 15.4 Å². The number of fused-ring (bicyclic) bond motifs is 1. The highest BCUT2D eigenvalue weighted by Gasteiger charge is 2.25. The number of rotatable bonds is 3. The summed E-state index contributed by atoms with van der Waals surface area (Å²) in [4.78, 5) is 17.9. The van der Waals surface area contributed by atoms with E-state index in [0.717, 1.165) is 41.8 Å². The number of esters is 1. The topological polar surface area (TPSA) is 63.2 Å². The molecule has 1 aliphatic rings. The Bertz CT molecular complexity index is 802. The van der Waals surface area contributed by atoms with E-state index in [9.17, 15) is 4.79 Å². The van der Waals surface area contributed by atoms with Crippen LogP contribution in [0, 0.1) is 6.92 Å². The molecule has 2 heterocycles. The number of nitrogens with zero attached hydrogens (tertiary/aromatic N) is 1. The van der Waals surface area contributed by atoms with Crippen molar-refractivity contribution in [1.82, 2.24) is 4.98 Å². The average molecular weight is 376 g/mol. The van der Waals surface area contributed by atoms with Gasteiger partial charge in [0.1, 0.15) is 10.8 Å². The van der Waals surface area contributed by atoms with Crippen molar-refractivity contribution < 1.29 is 9.53 Å². The van der Waals surface area contributed by atoms with Gasteiger partial charge in [-0.25, -0.2) is 9.78 Å². The highest BCUT2D eigenvalue weighted by Crippen LogP contribution is 2.38. The molecule has 2 aromatic heterocycles. The summed E-state index contributed by atoms with van der Waals surface area (Å²) in [5, 5.41) is 7.45. The van der Waals surface area contributed by atoms with Crippen LogP contribution in [0.15, 0.2) is 18.3 Å². The maximum Gasteiger partial charge on any atom is 0.341 e. The fraction of sp³-hybridized carbons (Fsp3) is 0.389. The minimum atomic E-state index is -0.307. The Labute approximate surface area is 156 Å². The smallest absolute Gasteiger partial charge is 0.341 e. The summed E-state index contributed by atoms with van der Waals surface area (Å²) in [7, 11) is 1.42. The van der Waals surface area contributed by atoms with E-state index in [4.69, 9.17) is 17.0 Å². The van der Waals surface area contributed by atoms with E-state index in [1.807, 2.05) is 19.1 Å². The van der Waals surface area contributed by atoms with Gasteiger partial charge in [-0.05, 0) is 62.0 Å². The molecule has 7 heteroatoms. The molecular weight excluding hydrogens is 354 g/mol. The third kappa shape index (κ3) is 3.99. The Kier molecular flexibility index (Phi) is 5.65. The van der Waals surface area contributed by atoms with Crippen molar-refractivity contribution in [2.45, 2.75) is 39.0 Å². The molecule has 132 valence electrons. The van der Waals surface area contributed by atoms with E-state index in [2.05, 4.69) is 15.6 Å². The zero-order valence-electron chi connectivity index (χ0n) is 14.3. The molecule has 0 atom stereocenters. The summed E-state index contributed by atoms with van der Waals surface area (Å²) in [6.45, 7) is 1.96. The van der Waals surface area contributed by atoms with Crippen LogP contribution < -0.4 is 10.6 Å². The van der Waals surface area contributed by atoms with E-state index in [1.54, 1.807) is 17.5 Å². The summed E-state index contributed by atoms with van der Waals surface area (Å²) in [6, 6.07) is 3.84. The number of pyridine rings is 1. The van der Waals surface area contributed by atoms with Gasteiger partial charge in [0.25, 0.3) is 0 Å². The molecule has 0 spiro atoms. The van der Waals surface area contributed by atoms with E-state index < -0.39 is 0 Å². The molecular formula is C18H21N3O2S2. The molecule has 5 nitrogen and oxygen atoms in total. The molecule has 0 amide bonds. The number of hydrogen-bond acceptors (Lipinski definition) is 5. The van der Waals surface area contributed by atoms with Crippen LogP contribution in [-0.4, -0.2) is 23.2 Å². The molecule has 1 aliphatic carbocycles. The van der Waals surface area contributed by atoms with Crippen molar-refractivity contribution in [3.63, 3.8) is 0 Å². The van der Waals surface area contributed by atoms with Gasteiger partial charge >= 0.3 is 5.97 Å². The van der Waals surface area contributed by atoms with Gasteiger partial charge in [-0.1, -0.05) is 12.5 Å². The van der Waals surface area contributed by atoms with Gasteiger partial charge in [-0.15, -0.1) is 11.3 Å². The lowest BCUT2D eigenvalue weighted by Gasteiger charge is -2.12. The molecule has 2 N–H and O–H groups in total. The number of aryl methyl sites for hydroxylation is 2. The van der Waals surface area contributed by atoms with E-state index >= 15 is 0 Å². The van der Waals surface area contributed by atoms with Crippen LogP contribution in [0.4, 0.5) is 10.8 Å². The monoisotopic (exact) mass is 375 g/mol. The summed E-state index contributed by atoms with van der Waals surface area (Å²) >= 11 is 7.02. The standard InChI is InChI=1S/C18H21N3O2S2/c1-11-7-6-10-19-15(11)20-18(24)21-16-14(17(22)23-2)12-8-4-3-5-9-13(12)25-16/h6-7,10H,3-5,8-9H2,1-2H3,(H2,19,20,21,24). The number of methoxy groups -OCH3 is 1. The number of carbonyl (C=O) groups excluding carboxylic acids is 1.